The van der Waals surface area contributed by atoms with Crippen LogP contribution in [0.1, 0.15) is 27.2 Å². The zero-order chi connectivity index (χ0) is 13.1. The first-order valence-corrected chi connectivity index (χ1v) is 6.07. The van der Waals surface area contributed by atoms with Crippen LogP contribution in [0.15, 0.2) is 5.10 Å². The molecule has 1 N–H and O–H groups in total. The van der Waals surface area contributed by atoms with Gasteiger partial charge in [-0.15, -0.1) is 0 Å². The molecule has 2 amide bonds. The van der Waals surface area contributed by atoms with E-state index in [0.29, 0.717) is 6.54 Å². The van der Waals surface area contributed by atoms with Crippen molar-refractivity contribution in [1.29, 1.82) is 0 Å². The topological polar surface area (TPSA) is 47.9 Å². The molecule has 0 aromatic carbocycles. The van der Waals surface area contributed by atoms with E-state index in [0.717, 1.165) is 19.5 Å². The highest BCUT2D eigenvalue weighted by molar-refractivity contribution is 5.74. The van der Waals surface area contributed by atoms with Crippen LogP contribution in [0.5, 0.6) is 0 Å². The summed E-state index contributed by atoms with van der Waals surface area (Å²) in [6.07, 6.45) is 1.03. The van der Waals surface area contributed by atoms with Crippen LogP contribution in [0.2, 0.25) is 0 Å². The number of carbonyl (C=O) groups excluding carboxylic acids is 1. The Hall–Kier alpha value is -1.26. The molecule has 1 aliphatic heterocycles. The average Bonchev–Trinajstić information content (AvgIpc) is 2.22. The number of nitrogens with one attached hydrogen (secondary N) is 1. The molecule has 1 rings (SSSR count). The van der Waals surface area contributed by atoms with Gasteiger partial charge in [0.1, 0.15) is 0 Å². The third kappa shape index (κ3) is 3.61. The van der Waals surface area contributed by atoms with Crippen LogP contribution in [0.4, 0.5) is 4.79 Å². The maximum atomic E-state index is 12.0. The molecule has 1 atom stereocenters. The van der Waals surface area contributed by atoms with E-state index in [1.165, 1.54) is 0 Å². The van der Waals surface area contributed by atoms with Crippen LogP contribution in [0, 0.1) is 5.41 Å². The van der Waals surface area contributed by atoms with Gasteiger partial charge in [0, 0.05) is 33.4 Å². The number of amides is 2. The van der Waals surface area contributed by atoms with Crippen LogP contribution in [-0.2, 0) is 0 Å². The van der Waals surface area contributed by atoms with Gasteiger partial charge in [-0.05, 0) is 11.8 Å². The van der Waals surface area contributed by atoms with E-state index < -0.39 is 0 Å². The van der Waals surface area contributed by atoms with Gasteiger partial charge >= 0.3 is 6.03 Å². The van der Waals surface area contributed by atoms with E-state index in [-0.39, 0.29) is 17.5 Å². The summed E-state index contributed by atoms with van der Waals surface area (Å²) < 4.78 is 0. The van der Waals surface area contributed by atoms with Crippen LogP contribution in [0.3, 0.4) is 0 Å². The minimum Gasteiger partial charge on any atom is -0.328 e. The highest BCUT2D eigenvalue weighted by Crippen LogP contribution is 2.21. The molecule has 0 aromatic rings. The first-order valence-electron chi connectivity index (χ1n) is 6.07. The predicted molar refractivity (Wildman–Crippen MR) is 70.1 cm³/mol. The molecule has 5 nitrogen and oxygen atoms in total. The van der Waals surface area contributed by atoms with Gasteiger partial charge in [0.25, 0.3) is 0 Å². The molecule has 0 bridgehead atoms. The van der Waals surface area contributed by atoms with E-state index in [1.807, 2.05) is 11.9 Å². The largest absolute Gasteiger partial charge is 0.328 e. The first kappa shape index (κ1) is 13.8. The molecule has 5 heteroatoms. The fourth-order valence-electron chi connectivity index (χ4n) is 1.94. The normalized spacial score (nSPS) is 19.2. The fourth-order valence-corrected chi connectivity index (χ4v) is 1.94. The standard InChI is InChI=1S/C12H24N4O/c1-12(2,3)10(14-13-4)9-16-8-6-7-15(5)11(16)17/h10,14H,4,6-9H2,1-3,5H3/t10-/m1/s1. The molecule has 98 valence electrons. The molecular weight excluding hydrogens is 216 g/mol. The molecule has 17 heavy (non-hydrogen) atoms. The lowest BCUT2D eigenvalue weighted by Gasteiger charge is -2.39. The van der Waals surface area contributed by atoms with Gasteiger partial charge in [-0.25, -0.2) is 4.79 Å². The Morgan fingerprint density at radius 3 is 2.65 bits per heavy atom. The second-order valence-corrected chi connectivity index (χ2v) is 5.71. The Balaban J connectivity index is 2.66. The smallest absolute Gasteiger partial charge is 0.319 e. The number of carbonyl (C=O) groups is 1. The predicted octanol–water partition coefficient (Wildman–Crippen LogP) is 1.36. The number of urea groups is 1. The molecular formula is C12H24N4O. The minimum atomic E-state index is 0.0392. The molecule has 0 aliphatic carbocycles. The van der Waals surface area contributed by atoms with Gasteiger partial charge in [-0.1, -0.05) is 20.8 Å². The number of hydrazone groups is 1. The van der Waals surface area contributed by atoms with Crippen molar-refractivity contribution in [2.75, 3.05) is 26.7 Å². The third-order valence-corrected chi connectivity index (χ3v) is 3.21. The monoisotopic (exact) mass is 240 g/mol. The Morgan fingerprint density at radius 2 is 2.12 bits per heavy atom. The summed E-state index contributed by atoms with van der Waals surface area (Å²) in [6.45, 7) is 12.2. The van der Waals surface area contributed by atoms with Crippen molar-refractivity contribution in [1.82, 2.24) is 15.2 Å². The Kier molecular flexibility index (Phi) is 4.37. The van der Waals surface area contributed by atoms with Crippen LogP contribution >= 0.6 is 0 Å². The van der Waals surface area contributed by atoms with Crippen LogP contribution < -0.4 is 5.43 Å². The van der Waals surface area contributed by atoms with Crippen molar-refractivity contribution in [3.05, 3.63) is 0 Å². The van der Waals surface area contributed by atoms with E-state index in [2.05, 4.69) is 38.0 Å². The van der Waals surface area contributed by atoms with Crippen molar-refractivity contribution in [2.45, 2.75) is 33.2 Å². The molecule has 0 unspecified atom stereocenters. The van der Waals surface area contributed by atoms with E-state index in [4.69, 9.17) is 0 Å². The van der Waals surface area contributed by atoms with Crippen LogP contribution in [0.25, 0.3) is 0 Å². The van der Waals surface area contributed by atoms with Gasteiger partial charge in [0.15, 0.2) is 0 Å². The zero-order valence-corrected chi connectivity index (χ0v) is 11.4. The molecule has 0 spiro atoms. The molecule has 0 aromatic heterocycles. The average molecular weight is 240 g/mol. The lowest BCUT2D eigenvalue weighted by Crippen LogP contribution is -2.54. The summed E-state index contributed by atoms with van der Waals surface area (Å²) in [6, 6.07) is 0.229. The lowest BCUT2D eigenvalue weighted by molar-refractivity contribution is 0.121. The summed E-state index contributed by atoms with van der Waals surface area (Å²) in [5, 5.41) is 3.76. The van der Waals surface area contributed by atoms with Crippen molar-refractivity contribution in [3.8, 4) is 0 Å². The van der Waals surface area contributed by atoms with Crippen LogP contribution in [-0.4, -0.2) is 55.3 Å². The van der Waals surface area contributed by atoms with Crippen molar-refractivity contribution in [2.24, 2.45) is 10.5 Å². The highest BCUT2D eigenvalue weighted by atomic mass is 16.2. The fraction of sp³-hybridized carbons (Fsp3) is 0.833. The Labute approximate surface area is 104 Å². The summed E-state index contributed by atoms with van der Waals surface area (Å²) in [7, 11) is 1.85. The number of hydrogen-bond donors (Lipinski definition) is 1. The maximum Gasteiger partial charge on any atom is 0.319 e. The minimum absolute atomic E-state index is 0.0392. The summed E-state index contributed by atoms with van der Waals surface area (Å²) in [5.41, 5.74) is 3.05. The second-order valence-electron chi connectivity index (χ2n) is 5.71. The molecule has 1 heterocycles. The van der Waals surface area contributed by atoms with Gasteiger partial charge < -0.3 is 15.2 Å². The molecule has 0 radical (unpaired) electrons. The highest BCUT2D eigenvalue weighted by Gasteiger charge is 2.30. The second kappa shape index (κ2) is 5.38. The molecule has 1 saturated heterocycles. The van der Waals surface area contributed by atoms with Crippen molar-refractivity contribution >= 4 is 12.7 Å². The number of rotatable bonds is 4. The quantitative estimate of drug-likeness (QED) is 0.596. The van der Waals surface area contributed by atoms with Gasteiger partial charge in [0.2, 0.25) is 0 Å². The Bertz CT molecular complexity index is 285. The van der Waals surface area contributed by atoms with E-state index >= 15 is 0 Å². The van der Waals surface area contributed by atoms with Crippen molar-refractivity contribution in [3.63, 3.8) is 0 Å². The van der Waals surface area contributed by atoms with E-state index in [9.17, 15) is 4.79 Å². The SMILES string of the molecule is C=NN[C@H](CN1CCCN(C)C1=O)C(C)(C)C. The van der Waals surface area contributed by atoms with Gasteiger partial charge in [0.05, 0.1) is 6.04 Å². The van der Waals surface area contributed by atoms with Crippen molar-refractivity contribution < 1.29 is 4.79 Å². The van der Waals surface area contributed by atoms with Gasteiger partial charge in [-0.3, -0.25) is 0 Å². The summed E-state index contributed by atoms with van der Waals surface area (Å²) in [4.78, 5) is 15.6. The third-order valence-electron chi connectivity index (χ3n) is 3.21. The number of hydrogen-bond acceptors (Lipinski definition) is 3. The first-order chi connectivity index (χ1) is 7.86. The maximum absolute atomic E-state index is 12.0. The summed E-state index contributed by atoms with van der Waals surface area (Å²) >= 11 is 0. The Morgan fingerprint density at radius 1 is 1.47 bits per heavy atom. The summed E-state index contributed by atoms with van der Waals surface area (Å²) in [5.74, 6) is 0. The molecule has 0 saturated carbocycles. The molecule has 1 fully saturated rings. The number of nitrogens with zero attached hydrogens (tertiary/aromatic N) is 3. The molecule has 1 aliphatic rings. The van der Waals surface area contributed by atoms with Gasteiger partial charge in [-0.2, -0.15) is 5.10 Å². The lowest BCUT2D eigenvalue weighted by atomic mass is 9.87. The van der Waals surface area contributed by atoms with E-state index in [1.54, 1.807) is 4.90 Å². The zero-order valence-electron chi connectivity index (χ0n) is 11.4.